The van der Waals surface area contributed by atoms with Crippen LogP contribution in [-0.4, -0.2) is 26.6 Å². The molecule has 0 aliphatic carbocycles. The fraction of sp³-hybridized carbons (Fsp3) is 0.600. The van der Waals surface area contributed by atoms with Gasteiger partial charge >= 0.3 is 0 Å². The van der Waals surface area contributed by atoms with E-state index in [-0.39, 0.29) is 17.6 Å². The highest BCUT2D eigenvalue weighted by Gasteiger charge is 2.28. The quantitative estimate of drug-likeness (QED) is 0.435. The maximum atomic E-state index is 5.81. The Balaban J connectivity index is 0.000000191. The Morgan fingerprint density at radius 1 is 0.794 bits per heavy atom. The first-order valence-electron chi connectivity index (χ1n) is 12.7. The summed E-state index contributed by atoms with van der Waals surface area (Å²) in [7, 11) is 3.52. The summed E-state index contributed by atoms with van der Waals surface area (Å²) in [5.41, 5.74) is 5.82. The topological polar surface area (TPSA) is 27.7 Å². The smallest absolute Gasteiger partial charge is 0.123 e. The minimum absolute atomic E-state index is 0.138. The van der Waals surface area contributed by atoms with Crippen molar-refractivity contribution >= 4 is 11.8 Å². The first kappa shape index (κ1) is 27.1. The molecule has 2 aliphatic heterocycles. The summed E-state index contributed by atoms with van der Waals surface area (Å²) < 4.78 is 16.6. The lowest BCUT2D eigenvalue weighted by Gasteiger charge is -2.26. The molecule has 2 aromatic rings. The first-order chi connectivity index (χ1) is 16.1. The SMILES string of the molecule is COC(C)c1ccc2c(c1)C(C)(C)CCCO2.COC(C)c1ccc2c(c1)C(C)(C)CCCS2. The van der Waals surface area contributed by atoms with Crippen molar-refractivity contribution in [3.05, 3.63) is 58.7 Å². The molecule has 2 atom stereocenters. The Hall–Kier alpha value is -1.49. The van der Waals surface area contributed by atoms with Crippen molar-refractivity contribution in [1.82, 2.24) is 0 Å². The van der Waals surface area contributed by atoms with E-state index in [1.54, 1.807) is 14.2 Å². The molecule has 2 aromatic carbocycles. The second kappa shape index (κ2) is 11.5. The number of hydrogen-bond donors (Lipinski definition) is 0. The van der Waals surface area contributed by atoms with Gasteiger partial charge in [-0.05, 0) is 91.0 Å². The molecular formula is C30H44O3S. The van der Waals surface area contributed by atoms with Gasteiger partial charge in [0.2, 0.25) is 0 Å². The predicted molar refractivity (Wildman–Crippen MR) is 144 cm³/mol. The number of benzene rings is 2. The molecule has 2 unspecified atom stereocenters. The standard InChI is InChI=1S/C15H22O2.C15H22OS/c2*1-11(16-4)12-6-7-14-13(10-12)15(2,3)8-5-9-17-14/h2*6-7,10-11H,5,8-9H2,1-4H3. The Morgan fingerprint density at radius 2 is 1.35 bits per heavy atom. The summed E-state index contributed by atoms with van der Waals surface area (Å²) in [4.78, 5) is 1.46. The maximum Gasteiger partial charge on any atom is 0.123 e. The van der Waals surface area contributed by atoms with Gasteiger partial charge in [0.15, 0.2) is 0 Å². The Kier molecular flexibility index (Phi) is 9.16. The highest BCUT2D eigenvalue weighted by atomic mass is 32.2. The molecule has 0 radical (unpaired) electrons. The normalized spacial score (nSPS) is 20.2. The van der Waals surface area contributed by atoms with Crippen LogP contribution in [0.25, 0.3) is 0 Å². The number of fused-ring (bicyclic) bond motifs is 2. The van der Waals surface area contributed by atoms with Crippen LogP contribution in [0, 0.1) is 0 Å². The summed E-state index contributed by atoms with van der Waals surface area (Å²) in [6.45, 7) is 14.3. The summed E-state index contributed by atoms with van der Waals surface area (Å²) in [6, 6.07) is 13.3. The third-order valence-corrected chi connectivity index (χ3v) is 8.68. The van der Waals surface area contributed by atoms with Crippen molar-refractivity contribution < 1.29 is 14.2 Å². The van der Waals surface area contributed by atoms with Crippen molar-refractivity contribution in [2.24, 2.45) is 0 Å². The molecule has 0 saturated carbocycles. The molecular weight excluding hydrogens is 440 g/mol. The number of rotatable bonds is 4. The van der Waals surface area contributed by atoms with Crippen molar-refractivity contribution in [3.8, 4) is 5.75 Å². The average Bonchev–Trinajstić information content (AvgIpc) is 3.08. The molecule has 4 heteroatoms. The van der Waals surface area contributed by atoms with E-state index >= 15 is 0 Å². The minimum Gasteiger partial charge on any atom is -0.493 e. The van der Waals surface area contributed by atoms with Crippen molar-refractivity contribution in [2.45, 2.75) is 95.2 Å². The molecule has 0 aromatic heterocycles. The van der Waals surface area contributed by atoms with Gasteiger partial charge in [0.1, 0.15) is 5.75 Å². The fourth-order valence-corrected chi connectivity index (χ4v) is 6.01. The molecule has 2 aliphatic rings. The monoisotopic (exact) mass is 484 g/mol. The average molecular weight is 485 g/mol. The van der Waals surface area contributed by atoms with E-state index in [4.69, 9.17) is 14.2 Å². The number of thioether (sulfide) groups is 1. The van der Waals surface area contributed by atoms with Crippen molar-refractivity contribution in [1.29, 1.82) is 0 Å². The molecule has 3 nitrogen and oxygen atoms in total. The third-order valence-electron chi connectivity index (χ3n) is 7.52. The van der Waals surface area contributed by atoms with Crippen molar-refractivity contribution in [2.75, 3.05) is 26.6 Å². The van der Waals surface area contributed by atoms with Crippen molar-refractivity contribution in [3.63, 3.8) is 0 Å². The lowest BCUT2D eigenvalue weighted by molar-refractivity contribution is 0.119. The van der Waals surface area contributed by atoms with Crippen LogP contribution in [0.3, 0.4) is 0 Å². The van der Waals surface area contributed by atoms with E-state index in [1.165, 1.54) is 52.2 Å². The molecule has 0 fully saturated rings. The van der Waals surface area contributed by atoms with E-state index in [9.17, 15) is 0 Å². The van der Waals surface area contributed by atoms with Gasteiger partial charge in [0.05, 0.1) is 18.8 Å². The van der Waals surface area contributed by atoms with Crippen LogP contribution in [-0.2, 0) is 20.3 Å². The van der Waals surface area contributed by atoms with E-state index in [0.717, 1.165) is 18.8 Å². The van der Waals surface area contributed by atoms with E-state index in [1.807, 2.05) is 11.8 Å². The summed E-state index contributed by atoms with van der Waals surface area (Å²) in [6.07, 6.45) is 5.20. The predicted octanol–water partition coefficient (Wildman–Crippen LogP) is 8.40. The number of hydrogen-bond acceptors (Lipinski definition) is 4. The van der Waals surface area contributed by atoms with Gasteiger partial charge in [0.25, 0.3) is 0 Å². The molecule has 34 heavy (non-hydrogen) atoms. The molecule has 0 bridgehead atoms. The zero-order valence-corrected chi connectivity index (χ0v) is 23.3. The van der Waals surface area contributed by atoms with Crippen LogP contribution >= 0.6 is 11.8 Å². The summed E-state index contributed by atoms with van der Waals surface area (Å²) >= 11 is 2.00. The molecule has 188 valence electrons. The molecule has 4 rings (SSSR count). The highest BCUT2D eigenvalue weighted by Crippen LogP contribution is 2.41. The van der Waals surface area contributed by atoms with E-state index < -0.39 is 0 Å². The van der Waals surface area contributed by atoms with Gasteiger partial charge in [0, 0.05) is 24.7 Å². The van der Waals surface area contributed by atoms with Crippen LogP contribution in [0.15, 0.2) is 41.3 Å². The maximum absolute atomic E-state index is 5.81. The van der Waals surface area contributed by atoms with Crippen LogP contribution in [0.1, 0.15) is 102 Å². The summed E-state index contributed by atoms with van der Waals surface area (Å²) in [5.74, 6) is 2.29. The largest absolute Gasteiger partial charge is 0.493 e. The van der Waals surface area contributed by atoms with Gasteiger partial charge in [-0.1, -0.05) is 45.9 Å². The van der Waals surface area contributed by atoms with Crippen LogP contribution in [0.5, 0.6) is 5.75 Å². The zero-order chi connectivity index (χ0) is 24.9. The number of methoxy groups -OCH3 is 2. The molecule has 2 heterocycles. The Bertz CT molecular complexity index is 873. The number of ether oxygens (including phenoxy) is 3. The second-order valence-corrected chi connectivity index (χ2v) is 12.1. The lowest BCUT2D eigenvalue weighted by Crippen LogP contribution is -2.17. The van der Waals surface area contributed by atoms with Gasteiger partial charge in [-0.15, -0.1) is 11.8 Å². The van der Waals surface area contributed by atoms with Gasteiger partial charge in [-0.2, -0.15) is 0 Å². The summed E-state index contributed by atoms with van der Waals surface area (Å²) in [5, 5.41) is 0. The third kappa shape index (κ3) is 6.38. The Labute approximate surface area is 212 Å². The molecule has 0 N–H and O–H groups in total. The van der Waals surface area contributed by atoms with Crippen LogP contribution in [0.4, 0.5) is 0 Å². The molecule has 0 amide bonds. The molecule has 0 spiro atoms. The van der Waals surface area contributed by atoms with Gasteiger partial charge in [-0.3, -0.25) is 0 Å². The fourth-order valence-electron chi connectivity index (χ4n) is 4.84. The zero-order valence-electron chi connectivity index (χ0n) is 22.5. The van der Waals surface area contributed by atoms with E-state index in [2.05, 4.69) is 77.9 Å². The second-order valence-electron chi connectivity index (χ2n) is 10.9. The molecule has 0 saturated heterocycles. The van der Waals surface area contributed by atoms with Gasteiger partial charge in [-0.25, -0.2) is 0 Å². The van der Waals surface area contributed by atoms with Crippen LogP contribution in [0.2, 0.25) is 0 Å². The highest BCUT2D eigenvalue weighted by molar-refractivity contribution is 7.99. The lowest BCUT2D eigenvalue weighted by atomic mass is 9.80. The van der Waals surface area contributed by atoms with Gasteiger partial charge < -0.3 is 14.2 Å². The first-order valence-corrected chi connectivity index (χ1v) is 13.7. The van der Waals surface area contributed by atoms with E-state index in [0.29, 0.717) is 5.41 Å². The van der Waals surface area contributed by atoms with Crippen LogP contribution < -0.4 is 4.74 Å². The Morgan fingerprint density at radius 3 is 2.00 bits per heavy atom. The minimum atomic E-state index is 0.138.